The van der Waals surface area contributed by atoms with Gasteiger partial charge in [-0.3, -0.25) is 19.8 Å². The number of ether oxygens (including phenoxy) is 3. The van der Waals surface area contributed by atoms with Gasteiger partial charge in [0.25, 0.3) is 21.6 Å². The Hall–Kier alpha value is -5.79. The van der Waals surface area contributed by atoms with Crippen LogP contribution in [0.25, 0.3) is 11.0 Å². The van der Waals surface area contributed by atoms with Crippen LogP contribution in [0.15, 0.2) is 83.9 Å². The molecule has 6 aliphatic rings. The number of hydrogen-bond donors (Lipinski definition) is 4. The number of aromatic nitrogens is 2. The minimum atomic E-state index is -4.61. The molecule has 1 spiro atoms. The smallest absolute Gasteiger partial charge is 0.293 e. The van der Waals surface area contributed by atoms with Crippen LogP contribution in [-0.2, 0) is 19.5 Å². The van der Waals surface area contributed by atoms with E-state index in [2.05, 4.69) is 67.8 Å². The number of anilines is 4. The van der Waals surface area contributed by atoms with Crippen LogP contribution in [-0.4, -0.2) is 116 Å². The molecule has 4 saturated heterocycles. The molecule has 11 rings (SSSR count). The van der Waals surface area contributed by atoms with Gasteiger partial charge in [-0.25, -0.2) is 13.1 Å². The molecule has 382 valence electrons. The fourth-order valence-electron chi connectivity index (χ4n) is 12.5. The number of likely N-dealkylation sites (tertiary alicyclic amines) is 1. The van der Waals surface area contributed by atoms with Crippen molar-refractivity contribution in [3.05, 3.63) is 106 Å². The van der Waals surface area contributed by atoms with Crippen LogP contribution in [0.3, 0.4) is 0 Å². The number of carbonyl (C=O) groups is 1. The molecule has 1 amide bonds. The minimum absolute atomic E-state index is 0.114. The fourth-order valence-corrected chi connectivity index (χ4v) is 13.5. The van der Waals surface area contributed by atoms with Crippen molar-refractivity contribution in [3.63, 3.8) is 0 Å². The number of aliphatic hydroxyl groups is 1. The molecule has 1 saturated carbocycles. The van der Waals surface area contributed by atoms with Crippen LogP contribution < -0.4 is 24.6 Å². The van der Waals surface area contributed by atoms with Crippen molar-refractivity contribution in [2.75, 3.05) is 67.7 Å². The molecule has 5 aromatic rings. The summed E-state index contributed by atoms with van der Waals surface area (Å²) < 4.78 is 48.5. The highest BCUT2D eigenvalue weighted by molar-refractivity contribution is 7.90. The first-order valence-electron chi connectivity index (χ1n) is 25.8. The highest BCUT2D eigenvalue weighted by Crippen LogP contribution is 2.55. The lowest BCUT2D eigenvalue weighted by atomic mass is 9.59. The normalized spacial score (nSPS) is 24.9. The molecule has 0 radical (unpaired) electrons. The van der Waals surface area contributed by atoms with Crippen LogP contribution in [0.1, 0.15) is 112 Å². The van der Waals surface area contributed by atoms with Crippen molar-refractivity contribution < 1.29 is 37.5 Å². The van der Waals surface area contributed by atoms with Gasteiger partial charge in [-0.2, -0.15) is 4.98 Å². The number of fused-ring (bicyclic) bond motifs is 3. The summed E-state index contributed by atoms with van der Waals surface area (Å²) in [5, 5.41) is 27.7. The number of rotatable bonds is 12. The Balaban J connectivity index is 0.873. The van der Waals surface area contributed by atoms with E-state index in [0.29, 0.717) is 74.3 Å². The van der Waals surface area contributed by atoms with E-state index in [4.69, 9.17) is 19.2 Å². The van der Waals surface area contributed by atoms with Crippen LogP contribution in [0.5, 0.6) is 5.88 Å². The van der Waals surface area contributed by atoms with Crippen LogP contribution in [0, 0.1) is 21.4 Å². The third-order valence-electron chi connectivity index (χ3n) is 16.6. The minimum Gasteiger partial charge on any atom is -0.468 e. The molecule has 5 aliphatic heterocycles. The molecule has 4 atom stereocenters. The zero-order chi connectivity index (χ0) is 49.9. The van der Waals surface area contributed by atoms with Crippen molar-refractivity contribution in [2.45, 2.75) is 119 Å². The van der Waals surface area contributed by atoms with Gasteiger partial charge in [-0.05, 0) is 136 Å². The molecule has 17 nitrogen and oxygen atoms in total. The van der Waals surface area contributed by atoms with E-state index >= 15 is 0 Å². The molecule has 3 aromatic carbocycles. The fraction of sp³-hybridized carbons (Fsp3) is 0.519. The van der Waals surface area contributed by atoms with E-state index in [1.54, 1.807) is 6.07 Å². The number of nitrogens with one attached hydrogen (secondary N) is 3. The molecular formula is C54H66N8O9S. The van der Waals surface area contributed by atoms with Gasteiger partial charge in [0.15, 0.2) is 0 Å². The molecule has 72 heavy (non-hydrogen) atoms. The van der Waals surface area contributed by atoms with E-state index < -0.39 is 43.1 Å². The Kier molecular flexibility index (Phi) is 13.0. The quantitative estimate of drug-likeness (QED) is 0.0683. The molecular weight excluding hydrogens is 937 g/mol. The number of nitrogens with zero attached hydrogens (tertiary/aromatic N) is 5. The van der Waals surface area contributed by atoms with Crippen molar-refractivity contribution in [1.29, 1.82) is 0 Å². The van der Waals surface area contributed by atoms with Crippen LogP contribution in [0.4, 0.5) is 28.4 Å². The van der Waals surface area contributed by atoms with Crippen LogP contribution in [0.2, 0.25) is 0 Å². The van der Waals surface area contributed by atoms with Gasteiger partial charge in [0.1, 0.15) is 23.1 Å². The number of aromatic amines is 1. The van der Waals surface area contributed by atoms with Gasteiger partial charge in [-0.15, -0.1) is 0 Å². The summed E-state index contributed by atoms with van der Waals surface area (Å²) in [4.78, 5) is 41.2. The molecule has 2 aromatic heterocycles. The molecule has 1 aliphatic carbocycles. The Bertz CT molecular complexity index is 2960. The largest absolute Gasteiger partial charge is 0.468 e. The van der Waals surface area contributed by atoms with Crippen molar-refractivity contribution in [1.82, 2.24) is 19.6 Å². The summed E-state index contributed by atoms with van der Waals surface area (Å²) in [6, 6.07) is 22.2. The zero-order valence-electron chi connectivity index (χ0n) is 41.3. The van der Waals surface area contributed by atoms with Crippen molar-refractivity contribution in [2.24, 2.45) is 11.3 Å². The Morgan fingerprint density at radius 3 is 2.50 bits per heavy atom. The van der Waals surface area contributed by atoms with Gasteiger partial charge in [0.05, 0.1) is 39.3 Å². The molecule has 18 heteroatoms. The SMILES string of the molecule is CC(C)c1ccccc1[C@@H]1C[C@](C)(O)CCN1C1CC2(CCN(c3ccc(C(=O)NS(=O)(=O)c4ccc(NCC5CCOCC5)c([N+](=O)[O-])c4)c(N4c5cc6cc[nH]c6nc5O[C@H]5COCC[C@@H]54)c3)CC2)C1. The van der Waals surface area contributed by atoms with E-state index in [-0.39, 0.29) is 34.7 Å². The van der Waals surface area contributed by atoms with E-state index in [1.165, 1.54) is 23.3 Å². The Morgan fingerprint density at radius 2 is 1.72 bits per heavy atom. The van der Waals surface area contributed by atoms with Crippen molar-refractivity contribution in [3.8, 4) is 5.88 Å². The number of piperidine rings is 2. The van der Waals surface area contributed by atoms with E-state index in [0.717, 1.165) is 88.1 Å². The second-order valence-electron chi connectivity index (χ2n) is 21.7. The molecule has 0 bridgehead atoms. The summed E-state index contributed by atoms with van der Waals surface area (Å²) in [6.45, 7) is 11.5. The average Bonchev–Trinajstić information content (AvgIpc) is 3.83. The molecule has 0 unspecified atom stereocenters. The highest BCUT2D eigenvalue weighted by Gasteiger charge is 2.51. The first-order chi connectivity index (χ1) is 34.6. The number of sulfonamides is 1. The number of nitro benzene ring substituents is 1. The van der Waals surface area contributed by atoms with Gasteiger partial charge in [-0.1, -0.05) is 38.1 Å². The maximum absolute atomic E-state index is 14.7. The molecule has 5 fully saturated rings. The Labute approximate surface area is 420 Å². The summed E-state index contributed by atoms with van der Waals surface area (Å²) in [5.41, 5.74) is 4.79. The number of benzene rings is 3. The average molecular weight is 1000 g/mol. The first-order valence-corrected chi connectivity index (χ1v) is 27.3. The number of amides is 1. The van der Waals surface area contributed by atoms with Gasteiger partial charge in [0.2, 0.25) is 5.88 Å². The highest BCUT2D eigenvalue weighted by atomic mass is 32.2. The second-order valence-corrected chi connectivity index (χ2v) is 23.4. The lowest BCUT2D eigenvalue weighted by Crippen LogP contribution is -2.58. The Morgan fingerprint density at radius 1 is 0.944 bits per heavy atom. The number of H-pyrrole nitrogens is 1. The second kappa shape index (κ2) is 19.2. The number of pyridine rings is 1. The molecule has 4 N–H and O–H groups in total. The summed E-state index contributed by atoms with van der Waals surface area (Å²) in [5.74, 6) is 0.142. The lowest BCUT2D eigenvalue weighted by Gasteiger charge is -2.58. The standard InChI is InChI=1S/C54H66N8O9S/c1-34(2)40-6-4-5-7-41(40)48-31-53(3,64)16-22-60(48)38-29-54(30-38)17-20-59(21-18-54)37-8-10-42(45(27-37)61-44-15-25-70-33-49(44)71-52-47(61)26-36-12-19-55-50(36)57-52)51(63)58-72(67,68)39-9-11-43(46(28-39)62(65)66)56-32-35-13-23-69-24-14-35/h4-12,19,26-28,34-35,38,44,48-49,56,64H,13-18,20-25,29-33H2,1-3H3,(H,55,57)(H,58,63)/t44-,48-,49-,53+/m0/s1. The monoisotopic (exact) mass is 1000 g/mol. The van der Waals surface area contributed by atoms with Crippen LogP contribution >= 0.6 is 0 Å². The maximum Gasteiger partial charge on any atom is 0.293 e. The third-order valence-corrected chi connectivity index (χ3v) is 18.0. The van der Waals surface area contributed by atoms with Gasteiger partial charge < -0.3 is 39.4 Å². The number of hydrogen-bond acceptors (Lipinski definition) is 14. The van der Waals surface area contributed by atoms with E-state index in [9.17, 15) is 28.4 Å². The lowest BCUT2D eigenvalue weighted by molar-refractivity contribution is -0.384. The van der Waals surface area contributed by atoms with E-state index in [1.807, 2.05) is 37.4 Å². The number of nitro groups is 1. The van der Waals surface area contributed by atoms with Gasteiger partial charge >= 0.3 is 0 Å². The predicted octanol–water partition coefficient (Wildman–Crippen LogP) is 8.58. The summed E-state index contributed by atoms with van der Waals surface area (Å²) >= 11 is 0. The summed E-state index contributed by atoms with van der Waals surface area (Å²) in [7, 11) is -4.61. The molecule has 7 heterocycles. The third kappa shape index (κ3) is 9.40. The topological polar surface area (TPSA) is 205 Å². The first kappa shape index (κ1) is 48.5. The summed E-state index contributed by atoms with van der Waals surface area (Å²) in [6.07, 6.45) is 9.29. The maximum atomic E-state index is 14.7. The number of carbonyl (C=O) groups excluding carboxylic acids is 1. The predicted molar refractivity (Wildman–Crippen MR) is 275 cm³/mol. The zero-order valence-corrected chi connectivity index (χ0v) is 42.2. The van der Waals surface area contributed by atoms with Gasteiger partial charge in [0, 0.05) is 81.4 Å². The van der Waals surface area contributed by atoms with Crippen molar-refractivity contribution >= 4 is 55.4 Å².